The standard InChI is InChI=1S/C10H18O/c1-2-3-4-5-6-7-8-9-10-11/h7-11H,2-6H2,1H3/b8-7-,10-9-. The van der Waals surface area contributed by atoms with Gasteiger partial charge in [0.1, 0.15) is 0 Å². The van der Waals surface area contributed by atoms with Crippen LogP contribution >= 0.6 is 0 Å². The summed E-state index contributed by atoms with van der Waals surface area (Å²) in [5.41, 5.74) is 0. The summed E-state index contributed by atoms with van der Waals surface area (Å²) in [6.45, 7) is 2.21. The van der Waals surface area contributed by atoms with E-state index in [0.29, 0.717) is 0 Å². The Labute approximate surface area is 69.4 Å². The zero-order valence-electron chi connectivity index (χ0n) is 7.29. The second-order valence-corrected chi connectivity index (χ2v) is 2.62. The number of hydrogen-bond acceptors (Lipinski definition) is 1. The van der Waals surface area contributed by atoms with E-state index in [1.54, 1.807) is 6.08 Å². The first kappa shape index (κ1) is 10.3. The van der Waals surface area contributed by atoms with Gasteiger partial charge in [0.15, 0.2) is 0 Å². The molecule has 64 valence electrons. The number of aliphatic hydroxyl groups excluding tert-OH is 1. The lowest BCUT2D eigenvalue weighted by Crippen LogP contribution is -1.72. The van der Waals surface area contributed by atoms with Crippen molar-refractivity contribution in [1.29, 1.82) is 0 Å². The molecule has 0 fully saturated rings. The van der Waals surface area contributed by atoms with Crippen LogP contribution in [0.4, 0.5) is 0 Å². The van der Waals surface area contributed by atoms with Gasteiger partial charge in [-0.05, 0) is 18.9 Å². The Morgan fingerprint density at radius 1 is 1.09 bits per heavy atom. The quantitative estimate of drug-likeness (QED) is 0.352. The van der Waals surface area contributed by atoms with Crippen LogP contribution in [0.2, 0.25) is 0 Å². The van der Waals surface area contributed by atoms with Crippen LogP contribution in [0.1, 0.15) is 39.0 Å². The molecule has 0 atom stereocenters. The third-order valence-electron chi connectivity index (χ3n) is 1.56. The van der Waals surface area contributed by atoms with Crippen LogP contribution in [0.5, 0.6) is 0 Å². The Hall–Kier alpha value is -0.720. The van der Waals surface area contributed by atoms with Gasteiger partial charge in [0.05, 0.1) is 6.26 Å². The van der Waals surface area contributed by atoms with Crippen LogP contribution in [-0.4, -0.2) is 5.11 Å². The van der Waals surface area contributed by atoms with Gasteiger partial charge < -0.3 is 5.11 Å². The van der Waals surface area contributed by atoms with Crippen molar-refractivity contribution in [2.24, 2.45) is 0 Å². The lowest BCUT2D eigenvalue weighted by atomic mass is 10.1. The molecule has 0 spiro atoms. The maximum Gasteiger partial charge on any atom is 0.0791 e. The average molecular weight is 154 g/mol. The molecule has 0 radical (unpaired) electrons. The van der Waals surface area contributed by atoms with Gasteiger partial charge >= 0.3 is 0 Å². The van der Waals surface area contributed by atoms with E-state index < -0.39 is 0 Å². The highest BCUT2D eigenvalue weighted by atomic mass is 16.2. The Kier molecular flexibility index (Phi) is 8.67. The van der Waals surface area contributed by atoms with Crippen molar-refractivity contribution >= 4 is 0 Å². The maximum atomic E-state index is 8.28. The van der Waals surface area contributed by atoms with Crippen molar-refractivity contribution in [1.82, 2.24) is 0 Å². The first-order valence-electron chi connectivity index (χ1n) is 4.37. The van der Waals surface area contributed by atoms with Gasteiger partial charge in [-0.3, -0.25) is 0 Å². The minimum absolute atomic E-state index is 1.06. The van der Waals surface area contributed by atoms with Crippen molar-refractivity contribution in [3.05, 3.63) is 24.5 Å². The van der Waals surface area contributed by atoms with Crippen LogP contribution < -0.4 is 0 Å². The molecule has 0 saturated carbocycles. The summed E-state index contributed by atoms with van der Waals surface area (Å²) in [4.78, 5) is 0. The van der Waals surface area contributed by atoms with E-state index in [-0.39, 0.29) is 0 Å². The third kappa shape index (κ3) is 9.28. The summed E-state index contributed by atoms with van der Waals surface area (Å²) in [5, 5.41) is 8.28. The molecule has 0 aliphatic heterocycles. The van der Waals surface area contributed by atoms with Gasteiger partial charge in [0, 0.05) is 0 Å². The molecule has 0 aliphatic rings. The summed E-state index contributed by atoms with van der Waals surface area (Å²) in [7, 11) is 0. The summed E-state index contributed by atoms with van der Waals surface area (Å²) in [6.07, 6.45) is 13.0. The summed E-state index contributed by atoms with van der Waals surface area (Å²) in [5.74, 6) is 0. The predicted molar refractivity (Wildman–Crippen MR) is 49.7 cm³/mol. The van der Waals surface area contributed by atoms with Crippen LogP contribution in [0.3, 0.4) is 0 Å². The van der Waals surface area contributed by atoms with Gasteiger partial charge in [-0.15, -0.1) is 0 Å². The van der Waals surface area contributed by atoms with Crippen molar-refractivity contribution < 1.29 is 5.11 Å². The van der Waals surface area contributed by atoms with Gasteiger partial charge in [-0.2, -0.15) is 0 Å². The summed E-state index contributed by atoms with van der Waals surface area (Å²) >= 11 is 0. The minimum Gasteiger partial charge on any atom is -0.516 e. The van der Waals surface area contributed by atoms with Crippen LogP contribution in [0.15, 0.2) is 24.5 Å². The molecule has 1 N–H and O–H groups in total. The Morgan fingerprint density at radius 3 is 2.55 bits per heavy atom. The number of rotatable bonds is 6. The molecule has 0 amide bonds. The molecule has 11 heavy (non-hydrogen) atoms. The topological polar surface area (TPSA) is 20.2 Å². The molecule has 1 nitrogen and oxygen atoms in total. The lowest BCUT2D eigenvalue weighted by Gasteiger charge is -1.92. The van der Waals surface area contributed by atoms with Crippen LogP contribution in [-0.2, 0) is 0 Å². The van der Waals surface area contributed by atoms with Gasteiger partial charge in [-0.25, -0.2) is 0 Å². The fourth-order valence-electron chi connectivity index (χ4n) is 0.913. The molecular weight excluding hydrogens is 136 g/mol. The maximum absolute atomic E-state index is 8.28. The van der Waals surface area contributed by atoms with E-state index in [9.17, 15) is 0 Å². The smallest absolute Gasteiger partial charge is 0.0791 e. The fraction of sp³-hybridized carbons (Fsp3) is 0.600. The highest BCUT2D eigenvalue weighted by molar-refractivity contribution is 4.98. The van der Waals surface area contributed by atoms with Gasteiger partial charge in [0.2, 0.25) is 0 Å². The van der Waals surface area contributed by atoms with Crippen molar-refractivity contribution in [2.45, 2.75) is 39.0 Å². The molecule has 0 heterocycles. The Morgan fingerprint density at radius 2 is 1.91 bits per heavy atom. The monoisotopic (exact) mass is 154 g/mol. The largest absolute Gasteiger partial charge is 0.516 e. The zero-order valence-corrected chi connectivity index (χ0v) is 7.29. The van der Waals surface area contributed by atoms with E-state index in [4.69, 9.17) is 5.11 Å². The molecule has 1 heteroatoms. The molecule has 0 aliphatic carbocycles. The third-order valence-corrected chi connectivity index (χ3v) is 1.56. The van der Waals surface area contributed by atoms with Gasteiger partial charge in [-0.1, -0.05) is 38.3 Å². The normalized spacial score (nSPS) is 11.7. The number of hydrogen-bond donors (Lipinski definition) is 1. The molecule has 0 rings (SSSR count). The number of aliphatic hydroxyl groups is 1. The molecule has 0 aromatic carbocycles. The minimum atomic E-state index is 1.06. The first-order chi connectivity index (χ1) is 5.41. The van der Waals surface area contributed by atoms with E-state index in [1.807, 2.05) is 6.08 Å². The first-order valence-corrected chi connectivity index (χ1v) is 4.37. The molecular formula is C10H18O. The van der Waals surface area contributed by atoms with Crippen LogP contribution in [0, 0.1) is 0 Å². The Bertz CT molecular complexity index is 114. The fourth-order valence-corrected chi connectivity index (χ4v) is 0.913. The molecule has 0 aromatic rings. The Balaban J connectivity index is 3.01. The lowest BCUT2D eigenvalue weighted by molar-refractivity contribution is 0.473. The zero-order chi connectivity index (χ0) is 8.36. The second kappa shape index (κ2) is 9.28. The molecule has 0 bridgehead atoms. The molecule has 0 unspecified atom stereocenters. The van der Waals surface area contributed by atoms with Crippen molar-refractivity contribution in [3.63, 3.8) is 0 Å². The SMILES string of the molecule is CCCCCC/C=C\C=C/O. The van der Waals surface area contributed by atoms with Crippen molar-refractivity contribution in [2.75, 3.05) is 0 Å². The molecule has 0 aromatic heterocycles. The van der Waals surface area contributed by atoms with Crippen molar-refractivity contribution in [3.8, 4) is 0 Å². The summed E-state index contributed by atoms with van der Waals surface area (Å²) in [6, 6.07) is 0. The van der Waals surface area contributed by atoms with E-state index in [2.05, 4.69) is 13.0 Å². The van der Waals surface area contributed by atoms with E-state index in [1.165, 1.54) is 25.7 Å². The van der Waals surface area contributed by atoms with E-state index >= 15 is 0 Å². The summed E-state index contributed by atoms with van der Waals surface area (Å²) < 4.78 is 0. The number of unbranched alkanes of at least 4 members (excludes halogenated alkanes) is 4. The average Bonchev–Trinajstić information content (AvgIpc) is 2.03. The van der Waals surface area contributed by atoms with Crippen LogP contribution in [0.25, 0.3) is 0 Å². The van der Waals surface area contributed by atoms with E-state index in [0.717, 1.165) is 12.7 Å². The van der Waals surface area contributed by atoms with Gasteiger partial charge in [0.25, 0.3) is 0 Å². The highest BCUT2D eigenvalue weighted by Crippen LogP contribution is 2.02. The number of allylic oxidation sites excluding steroid dienone is 3. The molecule has 0 saturated heterocycles. The predicted octanol–water partition coefficient (Wildman–Crippen LogP) is 3.58. The highest BCUT2D eigenvalue weighted by Gasteiger charge is 1.82. The second-order valence-electron chi connectivity index (χ2n) is 2.62.